The van der Waals surface area contributed by atoms with E-state index in [0.29, 0.717) is 22.6 Å². The second kappa shape index (κ2) is 8.50. The number of hydrazone groups is 1. The third kappa shape index (κ3) is 4.35. The number of hydrogen-bond acceptors (Lipinski definition) is 5. The van der Waals surface area contributed by atoms with E-state index < -0.39 is 0 Å². The molecule has 0 aliphatic rings. The first-order valence-corrected chi connectivity index (χ1v) is 8.76. The van der Waals surface area contributed by atoms with Crippen LogP contribution in [-0.4, -0.2) is 36.5 Å². The number of nitrogens with zero attached hydrogens (tertiary/aromatic N) is 2. The smallest absolute Gasteiger partial charge is 0.271 e. The predicted molar refractivity (Wildman–Crippen MR) is 106 cm³/mol. The lowest BCUT2D eigenvalue weighted by atomic mass is 10.1. The number of aromatic nitrogens is 2. The van der Waals surface area contributed by atoms with Gasteiger partial charge in [-0.25, -0.2) is 5.43 Å². The number of benzene rings is 2. The zero-order valence-corrected chi connectivity index (χ0v) is 16.3. The van der Waals surface area contributed by atoms with E-state index in [1.807, 2.05) is 12.1 Å². The molecule has 138 valence electrons. The normalized spacial score (nSPS) is 10.8. The van der Waals surface area contributed by atoms with E-state index in [0.717, 1.165) is 15.7 Å². The summed E-state index contributed by atoms with van der Waals surface area (Å²) in [6.07, 6.45) is 3.15. The maximum Gasteiger partial charge on any atom is 0.271 e. The van der Waals surface area contributed by atoms with Gasteiger partial charge in [0, 0.05) is 27.2 Å². The van der Waals surface area contributed by atoms with Crippen LogP contribution in [-0.2, 0) is 0 Å². The van der Waals surface area contributed by atoms with Crippen molar-refractivity contribution in [2.75, 3.05) is 14.2 Å². The number of carbonyl (C=O) groups is 1. The van der Waals surface area contributed by atoms with Gasteiger partial charge in [-0.15, -0.1) is 0 Å². The molecule has 0 aliphatic carbocycles. The average Bonchev–Trinajstić information content (AvgIpc) is 3.16. The lowest BCUT2D eigenvalue weighted by molar-refractivity contribution is 0.0955. The van der Waals surface area contributed by atoms with Crippen molar-refractivity contribution in [2.45, 2.75) is 0 Å². The van der Waals surface area contributed by atoms with Crippen LogP contribution < -0.4 is 14.9 Å². The molecule has 3 aromatic rings. The number of amides is 1. The molecule has 27 heavy (non-hydrogen) atoms. The molecular formula is C19H17BrN4O3. The van der Waals surface area contributed by atoms with Crippen LogP contribution in [0.3, 0.4) is 0 Å². The fourth-order valence-corrected chi connectivity index (χ4v) is 2.70. The van der Waals surface area contributed by atoms with Crippen molar-refractivity contribution in [1.29, 1.82) is 0 Å². The Morgan fingerprint density at radius 1 is 1.19 bits per heavy atom. The SMILES string of the molecule is COc1ccc(-c2[nH]ncc2/C=N\NC(=O)c2ccc(Br)cc2)c(OC)c1. The van der Waals surface area contributed by atoms with Gasteiger partial charge in [0.2, 0.25) is 0 Å². The van der Waals surface area contributed by atoms with E-state index in [-0.39, 0.29) is 5.91 Å². The standard InChI is InChI=1S/C19H17BrN4O3/c1-26-15-7-8-16(17(9-15)27-2)18-13(10-21-23-18)11-22-24-19(25)12-3-5-14(20)6-4-12/h3-11H,1-2H3,(H,21,23)(H,24,25)/b22-11-. The van der Waals surface area contributed by atoms with Crippen molar-refractivity contribution >= 4 is 28.1 Å². The Morgan fingerprint density at radius 2 is 1.96 bits per heavy atom. The van der Waals surface area contributed by atoms with Crippen molar-refractivity contribution < 1.29 is 14.3 Å². The van der Waals surface area contributed by atoms with E-state index in [1.165, 1.54) is 6.21 Å². The molecule has 0 unspecified atom stereocenters. The van der Waals surface area contributed by atoms with E-state index in [9.17, 15) is 4.79 Å². The quantitative estimate of drug-likeness (QED) is 0.463. The maximum absolute atomic E-state index is 12.1. The van der Waals surface area contributed by atoms with Gasteiger partial charge in [-0.3, -0.25) is 9.89 Å². The van der Waals surface area contributed by atoms with E-state index in [4.69, 9.17) is 9.47 Å². The van der Waals surface area contributed by atoms with Gasteiger partial charge < -0.3 is 9.47 Å². The van der Waals surface area contributed by atoms with E-state index >= 15 is 0 Å². The molecule has 7 nitrogen and oxygen atoms in total. The minimum atomic E-state index is -0.300. The number of carbonyl (C=O) groups excluding carboxylic acids is 1. The summed E-state index contributed by atoms with van der Waals surface area (Å²) in [6.45, 7) is 0. The average molecular weight is 429 g/mol. The Bertz CT molecular complexity index is 967. The van der Waals surface area contributed by atoms with E-state index in [1.54, 1.807) is 50.7 Å². The lowest BCUT2D eigenvalue weighted by Gasteiger charge is -2.09. The highest BCUT2D eigenvalue weighted by atomic mass is 79.9. The Hall–Kier alpha value is -3.13. The summed E-state index contributed by atoms with van der Waals surface area (Å²) >= 11 is 3.33. The lowest BCUT2D eigenvalue weighted by Crippen LogP contribution is -2.17. The summed E-state index contributed by atoms with van der Waals surface area (Å²) in [5.41, 5.74) is 5.24. The number of H-pyrrole nitrogens is 1. The van der Waals surface area contributed by atoms with Crippen molar-refractivity contribution in [2.24, 2.45) is 5.10 Å². The van der Waals surface area contributed by atoms with Crippen LogP contribution in [0.15, 0.2) is 58.2 Å². The molecule has 0 fully saturated rings. The van der Waals surface area contributed by atoms with Gasteiger partial charge in [-0.05, 0) is 36.4 Å². The third-order valence-electron chi connectivity index (χ3n) is 3.82. The zero-order chi connectivity index (χ0) is 19.2. The first kappa shape index (κ1) is 18.7. The Morgan fingerprint density at radius 3 is 2.67 bits per heavy atom. The van der Waals surface area contributed by atoms with Gasteiger partial charge in [0.15, 0.2) is 0 Å². The van der Waals surface area contributed by atoms with Crippen LogP contribution in [0.2, 0.25) is 0 Å². The molecule has 3 rings (SSSR count). The number of methoxy groups -OCH3 is 2. The molecule has 0 saturated heterocycles. The minimum Gasteiger partial charge on any atom is -0.497 e. The predicted octanol–water partition coefficient (Wildman–Crippen LogP) is 3.62. The fourth-order valence-electron chi connectivity index (χ4n) is 2.44. The molecule has 2 aromatic carbocycles. The molecule has 1 aromatic heterocycles. The number of nitrogens with one attached hydrogen (secondary N) is 2. The summed E-state index contributed by atoms with van der Waals surface area (Å²) < 4.78 is 11.6. The topological polar surface area (TPSA) is 88.6 Å². The highest BCUT2D eigenvalue weighted by molar-refractivity contribution is 9.10. The third-order valence-corrected chi connectivity index (χ3v) is 4.35. The van der Waals surface area contributed by atoms with Gasteiger partial charge >= 0.3 is 0 Å². The highest BCUT2D eigenvalue weighted by Crippen LogP contribution is 2.33. The van der Waals surface area contributed by atoms with Gasteiger partial charge in [0.1, 0.15) is 11.5 Å². The van der Waals surface area contributed by atoms with Gasteiger partial charge in [0.05, 0.1) is 32.3 Å². The van der Waals surface area contributed by atoms with Gasteiger partial charge in [0.25, 0.3) is 5.91 Å². The zero-order valence-electron chi connectivity index (χ0n) is 14.7. The summed E-state index contributed by atoms with van der Waals surface area (Å²) in [5.74, 6) is 1.02. The molecule has 0 saturated carbocycles. The number of aromatic amines is 1. The van der Waals surface area contributed by atoms with Crippen molar-refractivity contribution in [3.05, 3.63) is 64.3 Å². The van der Waals surface area contributed by atoms with Crippen LogP contribution >= 0.6 is 15.9 Å². The second-order valence-electron chi connectivity index (χ2n) is 5.47. The second-order valence-corrected chi connectivity index (χ2v) is 6.39. The minimum absolute atomic E-state index is 0.300. The van der Waals surface area contributed by atoms with Gasteiger partial charge in [-0.2, -0.15) is 10.2 Å². The Balaban J connectivity index is 1.78. The maximum atomic E-state index is 12.1. The van der Waals surface area contributed by atoms with Crippen molar-refractivity contribution in [3.63, 3.8) is 0 Å². The summed E-state index contributed by atoms with van der Waals surface area (Å²) in [5, 5.41) is 11.0. The van der Waals surface area contributed by atoms with Crippen LogP contribution in [0.5, 0.6) is 11.5 Å². The highest BCUT2D eigenvalue weighted by Gasteiger charge is 2.13. The van der Waals surface area contributed by atoms with E-state index in [2.05, 4.69) is 36.7 Å². The van der Waals surface area contributed by atoms with Crippen LogP contribution in [0.1, 0.15) is 15.9 Å². The largest absolute Gasteiger partial charge is 0.497 e. The molecule has 8 heteroatoms. The first-order valence-electron chi connectivity index (χ1n) is 7.97. The van der Waals surface area contributed by atoms with Gasteiger partial charge in [-0.1, -0.05) is 15.9 Å². The molecule has 0 bridgehead atoms. The van der Waals surface area contributed by atoms with Crippen molar-refractivity contribution in [1.82, 2.24) is 15.6 Å². The fraction of sp³-hybridized carbons (Fsp3) is 0.105. The summed E-state index contributed by atoms with van der Waals surface area (Å²) in [6, 6.07) is 12.5. The molecular weight excluding hydrogens is 412 g/mol. The van der Waals surface area contributed by atoms with Crippen LogP contribution in [0.4, 0.5) is 0 Å². The summed E-state index contributed by atoms with van der Waals surface area (Å²) in [7, 11) is 3.18. The molecule has 0 aliphatic heterocycles. The summed E-state index contributed by atoms with van der Waals surface area (Å²) in [4.78, 5) is 12.1. The number of halogens is 1. The van der Waals surface area contributed by atoms with Crippen LogP contribution in [0.25, 0.3) is 11.3 Å². The molecule has 0 spiro atoms. The molecule has 1 heterocycles. The molecule has 0 atom stereocenters. The number of hydrogen-bond donors (Lipinski definition) is 2. The first-order chi connectivity index (χ1) is 13.1. The molecule has 1 amide bonds. The number of rotatable bonds is 6. The van der Waals surface area contributed by atoms with Crippen LogP contribution in [0, 0.1) is 0 Å². The monoisotopic (exact) mass is 428 g/mol. The number of ether oxygens (including phenoxy) is 2. The Kier molecular flexibility index (Phi) is 5.87. The van der Waals surface area contributed by atoms with Crippen molar-refractivity contribution in [3.8, 4) is 22.8 Å². The molecule has 2 N–H and O–H groups in total. The Labute approximate surface area is 164 Å². The molecule has 0 radical (unpaired) electrons.